The maximum atomic E-state index is 11.5. The maximum absolute atomic E-state index is 11.5. The molecular formula is C21H35N3O16. The quantitative estimate of drug-likeness (QED) is 0.141. The summed E-state index contributed by atoms with van der Waals surface area (Å²) in [5, 5.41) is 105. The summed E-state index contributed by atoms with van der Waals surface area (Å²) in [7, 11) is 0. The highest BCUT2D eigenvalue weighted by Crippen LogP contribution is 2.36. The Balaban J connectivity index is 0.000000230. The van der Waals surface area contributed by atoms with Gasteiger partial charge in [0.15, 0.2) is 12.5 Å². The van der Waals surface area contributed by atoms with Gasteiger partial charge in [-0.2, -0.15) is 4.98 Å². The molecule has 0 aliphatic carbocycles. The molecule has 19 heteroatoms. The predicted octanol–water partition coefficient (Wildman–Crippen LogP) is -7.96. The minimum absolute atomic E-state index is 0.0537. The Morgan fingerprint density at radius 1 is 0.825 bits per heavy atom. The average Bonchev–Trinajstić information content (AvgIpc) is 3.36. The number of anilines is 1. The summed E-state index contributed by atoms with van der Waals surface area (Å²) >= 11 is 0. The van der Waals surface area contributed by atoms with Gasteiger partial charge >= 0.3 is 5.69 Å². The number of rotatable bonds is 7. The molecule has 19 nitrogen and oxygen atoms in total. The lowest BCUT2D eigenvalue weighted by molar-refractivity contribution is -0.383. The van der Waals surface area contributed by atoms with Crippen LogP contribution in [0.5, 0.6) is 0 Å². The molecule has 3 fully saturated rings. The smallest absolute Gasteiger partial charge is 0.351 e. The first-order valence-corrected chi connectivity index (χ1v) is 12.1. The molecule has 230 valence electrons. The SMILES string of the molecule is Nc1ccn([C@@H]2O[C@H](CO)[C@@H](O)[C@H]2O)c(=O)n1.OC[C@H]1O[C@@](CO)(O[C@H]2O[C@H](CO)[C@@H](O)[C@H](O)[C@H]2O)[C@@H](O)[C@@H]1O. The van der Waals surface area contributed by atoms with E-state index in [1.165, 1.54) is 12.3 Å². The summed E-state index contributed by atoms with van der Waals surface area (Å²) < 4.78 is 21.6. The number of hydrogen-bond acceptors (Lipinski definition) is 18. The minimum Gasteiger partial charge on any atom is -0.394 e. The zero-order valence-corrected chi connectivity index (χ0v) is 20.8. The van der Waals surface area contributed by atoms with Crippen LogP contribution in [-0.2, 0) is 18.9 Å². The van der Waals surface area contributed by atoms with Crippen molar-refractivity contribution in [2.75, 3.05) is 32.2 Å². The van der Waals surface area contributed by atoms with Gasteiger partial charge in [-0.05, 0) is 6.07 Å². The van der Waals surface area contributed by atoms with Crippen molar-refractivity contribution in [3.63, 3.8) is 0 Å². The van der Waals surface area contributed by atoms with E-state index < -0.39 is 111 Å². The number of nitrogens with zero attached hydrogens (tertiary/aromatic N) is 2. The number of ether oxygens (including phenoxy) is 4. The van der Waals surface area contributed by atoms with Gasteiger partial charge in [0.05, 0.1) is 19.8 Å². The minimum atomic E-state index is -2.22. The molecule has 0 aromatic carbocycles. The molecule has 0 amide bonds. The molecule has 0 radical (unpaired) electrons. The molecule has 0 saturated carbocycles. The van der Waals surface area contributed by atoms with Crippen molar-refractivity contribution in [2.45, 2.75) is 79.3 Å². The molecule has 0 spiro atoms. The van der Waals surface area contributed by atoms with E-state index in [1.807, 2.05) is 0 Å². The molecule has 0 unspecified atom stereocenters. The number of aromatic nitrogens is 2. The second-order valence-electron chi connectivity index (χ2n) is 9.33. The van der Waals surface area contributed by atoms with E-state index in [2.05, 4.69) is 4.98 Å². The zero-order chi connectivity index (χ0) is 29.9. The van der Waals surface area contributed by atoms with Crippen molar-refractivity contribution < 1.29 is 75.1 Å². The van der Waals surface area contributed by atoms with Gasteiger partial charge < -0.3 is 80.9 Å². The van der Waals surface area contributed by atoms with Crippen molar-refractivity contribution in [3.8, 4) is 0 Å². The summed E-state index contributed by atoms with van der Waals surface area (Å²) in [6.45, 7) is -2.77. The Hall–Kier alpha value is -1.92. The van der Waals surface area contributed by atoms with Crippen LogP contribution in [0.4, 0.5) is 5.82 Å². The molecule has 4 rings (SSSR count). The van der Waals surface area contributed by atoms with Gasteiger partial charge in [-0.15, -0.1) is 0 Å². The Bertz CT molecular complexity index is 1020. The van der Waals surface area contributed by atoms with Crippen LogP contribution >= 0.6 is 0 Å². The van der Waals surface area contributed by atoms with Gasteiger partial charge in [0.1, 0.15) is 73.5 Å². The van der Waals surface area contributed by atoms with Crippen molar-refractivity contribution >= 4 is 5.82 Å². The summed E-state index contributed by atoms with van der Waals surface area (Å²) in [6, 6.07) is 1.37. The van der Waals surface area contributed by atoms with Crippen LogP contribution in [0.3, 0.4) is 0 Å². The van der Waals surface area contributed by atoms with Crippen molar-refractivity contribution in [1.82, 2.24) is 9.55 Å². The van der Waals surface area contributed by atoms with Crippen LogP contribution in [0, 0.1) is 0 Å². The molecule has 3 aliphatic heterocycles. The van der Waals surface area contributed by atoms with Crippen LogP contribution in [-0.4, -0.2) is 165 Å². The van der Waals surface area contributed by atoms with E-state index >= 15 is 0 Å². The van der Waals surface area contributed by atoms with Crippen molar-refractivity contribution in [3.05, 3.63) is 22.7 Å². The molecule has 3 saturated heterocycles. The van der Waals surface area contributed by atoms with Gasteiger partial charge in [-0.1, -0.05) is 0 Å². The molecule has 0 bridgehead atoms. The summed E-state index contributed by atoms with van der Waals surface area (Å²) in [5.41, 5.74) is 4.63. The Labute approximate surface area is 225 Å². The summed E-state index contributed by atoms with van der Waals surface area (Å²) in [5.74, 6) is -2.17. The number of aliphatic hydroxyl groups excluding tert-OH is 11. The van der Waals surface area contributed by atoms with Crippen LogP contribution in [0.25, 0.3) is 0 Å². The first-order valence-electron chi connectivity index (χ1n) is 12.1. The topological polar surface area (TPSA) is 320 Å². The standard InChI is InChI=1S/C12H22O11.C9H13N3O5/c13-1-4-6(16)8(18)9(19)11(21-4)23-12(3-15)10(20)7(17)5(2-14)22-12;10-5-1-2-12(9(16)11-5)8-7(15)6(14)4(3-13)17-8/h4-11,13-20H,1-3H2;1-2,4,6-8,13-15H,3H2,(H2,10,11,16)/t4-,5-,6-,7-,8+,9-,10+,11-,12+;4-,6-,7-,8-/m11/s1. The number of nitrogen functional groups attached to an aromatic ring is 1. The molecule has 13 N–H and O–H groups in total. The third kappa shape index (κ3) is 6.28. The number of hydrogen-bond donors (Lipinski definition) is 12. The predicted molar refractivity (Wildman–Crippen MR) is 125 cm³/mol. The molecule has 13 atom stereocenters. The van der Waals surface area contributed by atoms with Gasteiger partial charge in [0.25, 0.3) is 0 Å². The normalized spacial score (nSPS) is 43.4. The van der Waals surface area contributed by atoms with Crippen molar-refractivity contribution in [2.24, 2.45) is 0 Å². The molecule has 3 aliphatic rings. The lowest BCUT2D eigenvalue weighted by atomic mass is 9.99. The van der Waals surface area contributed by atoms with Crippen LogP contribution < -0.4 is 11.4 Å². The molecule has 1 aromatic rings. The lowest BCUT2D eigenvalue weighted by Crippen LogP contribution is -2.62. The second kappa shape index (κ2) is 13.4. The highest BCUT2D eigenvalue weighted by molar-refractivity contribution is 5.23. The second-order valence-corrected chi connectivity index (χ2v) is 9.33. The zero-order valence-electron chi connectivity index (χ0n) is 20.8. The number of nitrogens with two attached hydrogens (primary N) is 1. The van der Waals surface area contributed by atoms with Gasteiger partial charge in [-0.25, -0.2) is 4.79 Å². The fourth-order valence-electron chi connectivity index (χ4n) is 4.36. The van der Waals surface area contributed by atoms with E-state index in [0.29, 0.717) is 0 Å². The average molecular weight is 586 g/mol. The van der Waals surface area contributed by atoms with E-state index in [4.69, 9.17) is 40.0 Å². The van der Waals surface area contributed by atoms with Gasteiger partial charge in [-0.3, -0.25) is 4.57 Å². The van der Waals surface area contributed by atoms with Gasteiger partial charge in [0, 0.05) is 6.20 Å². The molecular weight excluding hydrogens is 550 g/mol. The first kappa shape index (κ1) is 32.6. The fourth-order valence-corrected chi connectivity index (χ4v) is 4.36. The van der Waals surface area contributed by atoms with Crippen molar-refractivity contribution in [1.29, 1.82) is 0 Å². The van der Waals surface area contributed by atoms with E-state index in [1.54, 1.807) is 0 Å². The maximum Gasteiger partial charge on any atom is 0.351 e. The van der Waals surface area contributed by atoms with E-state index in [9.17, 15) is 45.6 Å². The largest absolute Gasteiger partial charge is 0.394 e. The first-order chi connectivity index (χ1) is 18.8. The Morgan fingerprint density at radius 3 is 1.90 bits per heavy atom. The molecule has 1 aromatic heterocycles. The summed E-state index contributed by atoms with van der Waals surface area (Å²) in [6.07, 6.45) is -15.9. The van der Waals surface area contributed by atoms with Crippen LogP contribution in [0.2, 0.25) is 0 Å². The van der Waals surface area contributed by atoms with E-state index in [0.717, 1.165) is 4.57 Å². The number of aliphatic hydroxyl groups is 11. The fraction of sp³-hybridized carbons (Fsp3) is 0.810. The third-order valence-corrected chi connectivity index (χ3v) is 6.71. The highest BCUT2D eigenvalue weighted by Gasteiger charge is 2.58. The Morgan fingerprint density at radius 2 is 1.40 bits per heavy atom. The highest BCUT2D eigenvalue weighted by atomic mass is 16.8. The summed E-state index contributed by atoms with van der Waals surface area (Å²) in [4.78, 5) is 15.0. The van der Waals surface area contributed by atoms with E-state index in [-0.39, 0.29) is 5.82 Å². The third-order valence-electron chi connectivity index (χ3n) is 6.71. The van der Waals surface area contributed by atoms with Crippen LogP contribution in [0.15, 0.2) is 17.1 Å². The van der Waals surface area contributed by atoms with Crippen LogP contribution in [0.1, 0.15) is 6.23 Å². The molecule has 4 heterocycles. The monoisotopic (exact) mass is 585 g/mol. The Kier molecular flexibility index (Phi) is 10.9. The van der Waals surface area contributed by atoms with Gasteiger partial charge in [0.2, 0.25) is 5.79 Å². The molecule has 40 heavy (non-hydrogen) atoms. The lowest BCUT2D eigenvalue weighted by Gasteiger charge is -2.43.